The molecule has 206 valence electrons. The molecule has 9 nitrogen and oxygen atoms in total. The van der Waals surface area contributed by atoms with Crippen LogP contribution in [-0.2, 0) is 25.5 Å². The van der Waals surface area contributed by atoms with E-state index in [9.17, 15) is 14.7 Å². The molecule has 3 aliphatic heterocycles. The molecule has 2 fully saturated rings. The van der Waals surface area contributed by atoms with Crippen molar-refractivity contribution in [2.24, 2.45) is 17.1 Å². The number of carboxylic acid groups (broad SMARTS) is 1. The molecule has 3 atom stereocenters. The summed E-state index contributed by atoms with van der Waals surface area (Å²) >= 11 is 0. The molecular weight excluding hydrogens is 474 g/mol. The van der Waals surface area contributed by atoms with E-state index >= 15 is 0 Å². The topological polar surface area (TPSA) is 115 Å². The standard InChI is InChI=1S/C28H43N3O6/c1-4-5-10-30(11-9-29)24(32)18-31-17-21(19-6-7-23-20(15-19)8-12-35-23)25(26(33)34)22(31)16-28(2,3)27-36-13-14-37-27/h6-7,15,21-22,25,27H,4-5,8-14,16-18,29H2,1-3H3,(H,33,34). The summed E-state index contributed by atoms with van der Waals surface area (Å²) in [6.45, 7) is 10.2. The number of nitrogens with two attached hydrogens (primary N) is 1. The van der Waals surface area contributed by atoms with E-state index < -0.39 is 23.6 Å². The van der Waals surface area contributed by atoms with E-state index in [1.54, 1.807) is 0 Å². The highest BCUT2D eigenvalue weighted by Crippen LogP contribution is 2.45. The van der Waals surface area contributed by atoms with Gasteiger partial charge >= 0.3 is 5.97 Å². The first kappa shape index (κ1) is 27.8. The van der Waals surface area contributed by atoms with Crippen LogP contribution in [0.2, 0.25) is 0 Å². The fourth-order valence-corrected chi connectivity index (χ4v) is 6.11. The number of ether oxygens (including phenoxy) is 3. The van der Waals surface area contributed by atoms with Crippen molar-refractivity contribution in [2.75, 3.05) is 52.5 Å². The highest BCUT2D eigenvalue weighted by atomic mass is 16.7. The van der Waals surface area contributed by atoms with Gasteiger partial charge in [0, 0.05) is 50.0 Å². The Bertz CT molecular complexity index is 948. The van der Waals surface area contributed by atoms with Crippen LogP contribution in [0.1, 0.15) is 57.1 Å². The molecule has 1 amide bonds. The molecule has 4 rings (SSSR count). The van der Waals surface area contributed by atoms with Gasteiger partial charge in [-0.05, 0) is 30.0 Å². The smallest absolute Gasteiger partial charge is 0.308 e. The summed E-state index contributed by atoms with van der Waals surface area (Å²) in [4.78, 5) is 30.2. The number of rotatable bonds is 12. The summed E-state index contributed by atoms with van der Waals surface area (Å²) in [5, 5.41) is 10.5. The average molecular weight is 518 g/mol. The zero-order valence-corrected chi connectivity index (χ0v) is 22.5. The van der Waals surface area contributed by atoms with Crippen molar-refractivity contribution in [1.82, 2.24) is 9.80 Å². The van der Waals surface area contributed by atoms with Crippen molar-refractivity contribution in [3.8, 4) is 5.75 Å². The number of hydrogen-bond acceptors (Lipinski definition) is 7. The molecule has 3 aliphatic rings. The van der Waals surface area contributed by atoms with E-state index in [2.05, 4.69) is 31.7 Å². The van der Waals surface area contributed by atoms with Gasteiger partial charge in [0.2, 0.25) is 5.91 Å². The number of benzene rings is 1. The normalized spacial score (nSPS) is 24.3. The Kier molecular flexibility index (Phi) is 9.11. The number of unbranched alkanes of at least 4 members (excludes halogenated alkanes) is 1. The second-order valence-corrected chi connectivity index (χ2v) is 11.2. The summed E-state index contributed by atoms with van der Waals surface area (Å²) in [5.41, 5.74) is 7.50. The molecule has 0 bridgehead atoms. The third-order valence-electron chi connectivity index (χ3n) is 8.04. The molecule has 1 aromatic carbocycles. The van der Waals surface area contributed by atoms with E-state index in [1.807, 2.05) is 17.0 Å². The first-order valence-corrected chi connectivity index (χ1v) is 13.7. The van der Waals surface area contributed by atoms with Crippen molar-refractivity contribution in [3.05, 3.63) is 29.3 Å². The van der Waals surface area contributed by atoms with E-state index in [0.717, 1.165) is 36.1 Å². The van der Waals surface area contributed by atoms with Crippen LogP contribution in [-0.4, -0.2) is 91.7 Å². The average Bonchev–Trinajstić information content (AvgIpc) is 3.61. The highest BCUT2D eigenvalue weighted by molar-refractivity contribution is 5.79. The molecule has 37 heavy (non-hydrogen) atoms. The first-order chi connectivity index (χ1) is 17.7. The minimum absolute atomic E-state index is 0.00205. The van der Waals surface area contributed by atoms with Gasteiger partial charge in [-0.1, -0.05) is 39.3 Å². The fourth-order valence-electron chi connectivity index (χ4n) is 6.11. The van der Waals surface area contributed by atoms with Gasteiger partial charge in [0.25, 0.3) is 0 Å². The van der Waals surface area contributed by atoms with Crippen LogP contribution in [0, 0.1) is 11.3 Å². The molecular formula is C28H43N3O6. The lowest BCUT2D eigenvalue weighted by Crippen LogP contribution is -2.48. The van der Waals surface area contributed by atoms with Crippen molar-refractivity contribution < 1.29 is 28.9 Å². The Balaban J connectivity index is 1.63. The summed E-state index contributed by atoms with van der Waals surface area (Å²) in [6, 6.07) is 5.70. The quantitative estimate of drug-likeness (QED) is 0.435. The molecule has 3 heterocycles. The lowest BCUT2D eigenvalue weighted by molar-refractivity contribution is -0.148. The highest BCUT2D eigenvalue weighted by Gasteiger charge is 2.50. The van der Waals surface area contributed by atoms with E-state index in [0.29, 0.717) is 52.4 Å². The minimum Gasteiger partial charge on any atom is -0.493 e. The van der Waals surface area contributed by atoms with Crippen LogP contribution in [0.4, 0.5) is 0 Å². The van der Waals surface area contributed by atoms with Crippen LogP contribution in [0.25, 0.3) is 0 Å². The summed E-state index contributed by atoms with van der Waals surface area (Å²) in [5.74, 6) is -0.853. The molecule has 3 unspecified atom stereocenters. The maximum Gasteiger partial charge on any atom is 0.308 e. The number of nitrogens with zero attached hydrogens (tertiary/aromatic N) is 2. The van der Waals surface area contributed by atoms with Gasteiger partial charge in [0.1, 0.15) is 5.75 Å². The number of carbonyl (C=O) groups excluding carboxylic acids is 1. The van der Waals surface area contributed by atoms with Gasteiger partial charge in [-0.2, -0.15) is 0 Å². The number of carboxylic acids is 1. The monoisotopic (exact) mass is 517 g/mol. The molecule has 0 aliphatic carbocycles. The van der Waals surface area contributed by atoms with E-state index in [1.165, 1.54) is 0 Å². The lowest BCUT2D eigenvalue weighted by Gasteiger charge is -2.37. The van der Waals surface area contributed by atoms with Gasteiger partial charge in [-0.25, -0.2) is 0 Å². The first-order valence-electron chi connectivity index (χ1n) is 13.7. The molecule has 9 heteroatoms. The van der Waals surface area contributed by atoms with Crippen LogP contribution >= 0.6 is 0 Å². The Hall–Kier alpha value is -2.20. The predicted octanol–water partition coefficient (Wildman–Crippen LogP) is 2.47. The Morgan fingerprint density at radius 1 is 1.19 bits per heavy atom. The van der Waals surface area contributed by atoms with Crippen molar-refractivity contribution in [2.45, 2.75) is 64.7 Å². The van der Waals surface area contributed by atoms with E-state index in [-0.39, 0.29) is 24.4 Å². The predicted molar refractivity (Wildman–Crippen MR) is 140 cm³/mol. The number of carbonyl (C=O) groups is 2. The molecule has 3 N–H and O–H groups in total. The Morgan fingerprint density at radius 2 is 1.95 bits per heavy atom. The van der Waals surface area contributed by atoms with Crippen molar-refractivity contribution in [1.29, 1.82) is 0 Å². The molecule has 0 aromatic heterocycles. The van der Waals surface area contributed by atoms with Crippen LogP contribution in [0.15, 0.2) is 18.2 Å². The van der Waals surface area contributed by atoms with Crippen molar-refractivity contribution in [3.63, 3.8) is 0 Å². The SMILES string of the molecule is CCCCN(CCN)C(=O)CN1CC(c2ccc3c(c2)CCO3)C(C(=O)O)C1CC(C)(C)C1OCCO1. The second kappa shape index (κ2) is 12.1. The number of likely N-dealkylation sites (tertiary alicyclic amines) is 1. The number of hydrogen-bond donors (Lipinski definition) is 2. The van der Waals surface area contributed by atoms with Crippen LogP contribution < -0.4 is 10.5 Å². The molecule has 0 spiro atoms. The van der Waals surface area contributed by atoms with Crippen LogP contribution in [0.5, 0.6) is 5.75 Å². The molecule has 1 aromatic rings. The largest absolute Gasteiger partial charge is 0.493 e. The number of aliphatic carboxylic acids is 1. The molecule has 2 saturated heterocycles. The number of fused-ring (bicyclic) bond motifs is 1. The minimum atomic E-state index is -0.837. The third kappa shape index (κ3) is 6.28. The zero-order valence-electron chi connectivity index (χ0n) is 22.5. The Morgan fingerprint density at radius 3 is 2.62 bits per heavy atom. The zero-order chi connectivity index (χ0) is 26.6. The summed E-state index contributed by atoms with van der Waals surface area (Å²) < 4.78 is 17.3. The van der Waals surface area contributed by atoms with Crippen LogP contribution in [0.3, 0.4) is 0 Å². The van der Waals surface area contributed by atoms with Gasteiger partial charge in [-0.3, -0.25) is 14.5 Å². The van der Waals surface area contributed by atoms with E-state index in [4.69, 9.17) is 19.9 Å². The fraction of sp³-hybridized carbons (Fsp3) is 0.714. The van der Waals surface area contributed by atoms with Gasteiger partial charge in [-0.15, -0.1) is 0 Å². The molecule has 0 radical (unpaired) electrons. The summed E-state index contributed by atoms with van der Waals surface area (Å²) in [7, 11) is 0. The Labute approximate surface area is 220 Å². The number of amides is 1. The van der Waals surface area contributed by atoms with Gasteiger partial charge in [0.15, 0.2) is 6.29 Å². The second-order valence-electron chi connectivity index (χ2n) is 11.2. The van der Waals surface area contributed by atoms with Crippen molar-refractivity contribution >= 4 is 11.9 Å². The van der Waals surface area contributed by atoms with Gasteiger partial charge in [0.05, 0.1) is 32.3 Å². The maximum atomic E-state index is 13.5. The van der Waals surface area contributed by atoms with Gasteiger partial charge < -0.3 is 30.0 Å². The maximum absolute atomic E-state index is 13.5. The molecule has 0 saturated carbocycles. The third-order valence-corrected chi connectivity index (χ3v) is 8.04. The summed E-state index contributed by atoms with van der Waals surface area (Å²) in [6.07, 6.45) is 2.87. The lowest BCUT2D eigenvalue weighted by atomic mass is 9.77.